The number of nitrogens with zero attached hydrogens (tertiary/aromatic N) is 2. The minimum atomic E-state index is -3.95. The van der Waals surface area contributed by atoms with Crippen LogP contribution >= 0.6 is 0 Å². The van der Waals surface area contributed by atoms with Crippen LogP contribution in [0.4, 0.5) is 4.39 Å². The van der Waals surface area contributed by atoms with Crippen molar-refractivity contribution in [2.24, 2.45) is 5.92 Å². The van der Waals surface area contributed by atoms with Crippen molar-refractivity contribution >= 4 is 21.8 Å². The topological polar surface area (TPSA) is 86.8 Å². The van der Waals surface area contributed by atoms with Crippen LogP contribution in [0.3, 0.4) is 0 Å². The molecule has 2 saturated heterocycles. The van der Waals surface area contributed by atoms with E-state index in [0.717, 1.165) is 12.1 Å². The molecule has 1 aromatic rings. The fraction of sp³-hybridized carbons (Fsp3) is 0.579. The number of halogens is 1. The van der Waals surface area contributed by atoms with Gasteiger partial charge >= 0.3 is 0 Å². The molecule has 3 rings (SSSR count). The zero-order valence-corrected chi connectivity index (χ0v) is 17.1. The highest BCUT2D eigenvalue weighted by molar-refractivity contribution is 7.89. The summed E-state index contributed by atoms with van der Waals surface area (Å²) in [5.41, 5.74) is 0. The lowest BCUT2D eigenvalue weighted by atomic mass is 9.99. The van der Waals surface area contributed by atoms with Crippen LogP contribution in [0.1, 0.15) is 33.6 Å². The van der Waals surface area contributed by atoms with Crippen LogP contribution in [0.25, 0.3) is 0 Å². The zero-order valence-electron chi connectivity index (χ0n) is 16.3. The first-order valence-corrected chi connectivity index (χ1v) is 10.9. The molecule has 154 valence electrons. The highest BCUT2D eigenvalue weighted by Crippen LogP contribution is 2.32. The third kappa shape index (κ3) is 4.05. The number of carbonyl (C=O) groups is 2. The van der Waals surface area contributed by atoms with Crippen LogP contribution in [0, 0.1) is 11.7 Å². The second kappa shape index (κ2) is 7.79. The van der Waals surface area contributed by atoms with Crippen LogP contribution in [-0.4, -0.2) is 60.7 Å². The first kappa shape index (κ1) is 20.7. The first-order valence-electron chi connectivity index (χ1n) is 9.44. The average molecular weight is 411 g/mol. The van der Waals surface area contributed by atoms with Gasteiger partial charge in [0.15, 0.2) is 0 Å². The number of nitrogens with one attached hydrogen (secondary N) is 1. The molecule has 0 spiro atoms. The second-order valence-electron chi connectivity index (χ2n) is 7.95. The van der Waals surface area contributed by atoms with E-state index in [0.29, 0.717) is 19.4 Å². The van der Waals surface area contributed by atoms with Gasteiger partial charge in [-0.2, -0.15) is 4.31 Å². The van der Waals surface area contributed by atoms with E-state index in [1.165, 1.54) is 23.4 Å². The summed E-state index contributed by atoms with van der Waals surface area (Å²) in [5.74, 6) is -0.812. The van der Waals surface area contributed by atoms with Crippen molar-refractivity contribution in [1.29, 1.82) is 0 Å². The number of carbonyl (C=O) groups excluding carboxylic acids is 2. The van der Waals surface area contributed by atoms with Gasteiger partial charge in [-0.1, -0.05) is 13.8 Å². The normalized spacial score (nSPS) is 25.8. The lowest BCUT2D eigenvalue weighted by molar-refractivity contribution is -0.141. The summed E-state index contributed by atoms with van der Waals surface area (Å²) < 4.78 is 41.0. The summed E-state index contributed by atoms with van der Waals surface area (Å²) in [6.45, 7) is 5.85. The third-order valence-corrected chi connectivity index (χ3v) is 7.13. The van der Waals surface area contributed by atoms with Crippen molar-refractivity contribution < 1.29 is 22.4 Å². The minimum absolute atomic E-state index is 0.0275. The second-order valence-corrected chi connectivity index (χ2v) is 9.84. The number of sulfonamides is 1. The lowest BCUT2D eigenvalue weighted by Crippen LogP contribution is -2.61. The molecule has 0 aliphatic carbocycles. The highest BCUT2D eigenvalue weighted by Gasteiger charge is 2.49. The van der Waals surface area contributed by atoms with Crippen molar-refractivity contribution in [3.05, 3.63) is 30.1 Å². The van der Waals surface area contributed by atoms with Crippen LogP contribution in [-0.2, 0) is 19.6 Å². The molecule has 2 fully saturated rings. The molecule has 3 unspecified atom stereocenters. The van der Waals surface area contributed by atoms with Gasteiger partial charge in [-0.25, -0.2) is 12.8 Å². The largest absolute Gasteiger partial charge is 0.352 e. The molecule has 1 aromatic carbocycles. The van der Waals surface area contributed by atoms with Gasteiger partial charge in [0.1, 0.15) is 11.9 Å². The molecule has 2 aliphatic heterocycles. The third-order valence-electron chi connectivity index (χ3n) is 5.24. The van der Waals surface area contributed by atoms with Gasteiger partial charge in [0, 0.05) is 32.1 Å². The number of rotatable bonds is 5. The molecular formula is C19H26FN3O4S. The van der Waals surface area contributed by atoms with Gasteiger partial charge in [-0.3, -0.25) is 9.59 Å². The van der Waals surface area contributed by atoms with E-state index >= 15 is 0 Å². The molecule has 2 aliphatic rings. The molecule has 0 radical (unpaired) electrons. The molecule has 2 heterocycles. The molecular weight excluding hydrogens is 385 g/mol. The molecule has 0 aromatic heterocycles. The Balaban J connectivity index is 1.93. The Labute approximate surface area is 164 Å². The van der Waals surface area contributed by atoms with E-state index in [4.69, 9.17) is 0 Å². The van der Waals surface area contributed by atoms with Gasteiger partial charge in [0.05, 0.1) is 4.90 Å². The Kier molecular flexibility index (Phi) is 5.77. The molecule has 2 amide bonds. The fourth-order valence-electron chi connectivity index (χ4n) is 4.07. The molecule has 9 heteroatoms. The quantitative estimate of drug-likeness (QED) is 0.792. The van der Waals surface area contributed by atoms with Crippen molar-refractivity contribution in [2.45, 2.75) is 56.6 Å². The highest BCUT2D eigenvalue weighted by atomic mass is 32.2. The van der Waals surface area contributed by atoms with Gasteiger partial charge in [-0.05, 0) is 43.0 Å². The SMILES string of the molecule is CC(=O)NC1CC2CN(S(=O)(=O)c3ccc(F)cc3)C(CC(C)C)C(=O)N2C1. The standard InChI is InChI=1S/C19H26FN3O4S/c1-12(2)8-18-19(25)22-10-15(21-13(3)24)9-16(22)11-23(18)28(26,27)17-6-4-14(20)5-7-17/h4-7,12,15-16,18H,8-11H2,1-3H3,(H,21,24). The van der Waals surface area contributed by atoms with Gasteiger partial charge < -0.3 is 10.2 Å². The number of hydrogen-bond acceptors (Lipinski definition) is 4. The maximum Gasteiger partial charge on any atom is 0.243 e. The fourth-order valence-corrected chi connectivity index (χ4v) is 5.70. The number of amides is 2. The van der Waals surface area contributed by atoms with Gasteiger partial charge in [0.25, 0.3) is 0 Å². The van der Waals surface area contributed by atoms with E-state index in [1.807, 2.05) is 13.8 Å². The summed E-state index contributed by atoms with van der Waals surface area (Å²) in [6, 6.07) is 3.38. The summed E-state index contributed by atoms with van der Waals surface area (Å²) in [6.07, 6.45) is 0.905. The number of hydrogen-bond donors (Lipinski definition) is 1. The summed E-state index contributed by atoms with van der Waals surface area (Å²) >= 11 is 0. The molecule has 0 saturated carbocycles. The Morgan fingerprint density at radius 3 is 2.46 bits per heavy atom. The monoisotopic (exact) mass is 411 g/mol. The van der Waals surface area contributed by atoms with Gasteiger partial charge in [0.2, 0.25) is 21.8 Å². The Bertz CT molecular complexity index is 856. The number of piperazine rings is 1. The van der Waals surface area contributed by atoms with E-state index in [-0.39, 0.29) is 41.3 Å². The van der Waals surface area contributed by atoms with Crippen LogP contribution in [0.5, 0.6) is 0 Å². The summed E-state index contributed by atoms with van der Waals surface area (Å²) in [4.78, 5) is 26.2. The van der Waals surface area contributed by atoms with E-state index < -0.39 is 21.9 Å². The summed E-state index contributed by atoms with van der Waals surface area (Å²) in [5, 5.41) is 2.82. The molecule has 1 N–H and O–H groups in total. The van der Waals surface area contributed by atoms with Crippen molar-refractivity contribution in [1.82, 2.24) is 14.5 Å². The molecule has 0 bridgehead atoms. The number of benzene rings is 1. The van der Waals surface area contributed by atoms with Crippen molar-refractivity contribution in [2.75, 3.05) is 13.1 Å². The average Bonchev–Trinajstić information content (AvgIpc) is 2.99. The minimum Gasteiger partial charge on any atom is -0.352 e. The maximum absolute atomic E-state index is 13.2. The van der Waals surface area contributed by atoms with Gasteiger partial charge in [-0.15, -0.1) is 0 Å². The molecule has 28 heavy (non-hydrogen) atoms. The Morgan fingerprint density at radius 1 is 1.25 bits per heavy atom. The summed E-state index contributed by atoms with van der Waals surface area (Å²) in [7, 11) is -3.95. The molecule has 3 atom stereocenters. The smallest absolute Gasteiger partial charge is 0.243 e. The Hall–Kier alpha value is -2.00. The van der Waals surface area contributed by atoms with Crippen molar-refractivity contribution in [3.63, 3.8) is 0 Å². The maximum atomic E-state index is 13.2. The predicted octanol–water partition coefficient (Wildman–Crippen LogP) is 1.35. The van der Waals surface area contributed by atoms with E-state index in [2.05, 4.69) is 5.32 Å². The predicted molar refractivity (Wildman–Crippen MR) is 101 cm³/mol. The molecule has 7 nitrogen and oxygen atoms in total. The van der Waals surface area contributed by atoms with Crippen LogP contribution < -0.4 is 5.32 Å². The van der Waals surface area contributed by atoms with Crippen LogP contribution in [0.15, 0.2) is 29.2 Å². The lowest BCUT2D eigenvalue weighted by Gasteiger charge is -2.42. The first-order chi connectivity index (χ1) is 13.1. The number of fused-ring (bicyclic) bond motifs is 1. The van der Waals surface area contributed by atoms with Crippen LogP contribution in [0.2, 0.25) is 0 Å². The Morgan fingerprint density at radius 2 is 1.89 bits per heavy atom. The van der Waals surface area contributed by atoms with E-state index in [9.17, 15) is 22.4 Å². The van der Waals surface area contributed by atoms with E-state index in [1.54, 1.807) is 4.90 Å². The zero-order chi connectivity index (χ0) is 20.6. The van der Waals surface area contributed by atoms with Crippen molar-refractivity contribution in [3.8, 4) is 0 Å².